The third kappa shape index (κ3) is 3.58. The van der Waals surface area contributed by atoms with E-state index in [9.17, 15) is 14.4 Å². The molecule has 0 spiro atoms. The molecule has 0 N–H and O–H groups in total. The van der Waals surface area contributed by atoms with Gasteiger partial charge in [-0.25, -0.2) is 0 Å². The van der Waals surface area contributed by atoms with Crippen LogP contribution >= 0.6 is 0 Å². The van der Waals surface area contributed by atoms with Crippen LogP contribution in [0.5, 0.6) is 17.2 Å². The molecule has 0 saturated carbocycles. The molecule has 2 amide bonds. The Bertz CT molecular complexity index is 1210. The standard InChI is InChI=1S/C25H19NO6/c27-19(17-10-11-21-22(14-17)31-13-12-30-21)15-26-24(28)18-8-4-5-9-20(18)32-23(25(26)29)16-6-2-1-3-7-16/h1-11,14,23H,12-13,15H2/t23-/m1/s1. The second-order valence-corrected chi connectivity index (χ2v) is 7.42. The van der Waals surface area contributed by atoms with Gasteiger partial charge in [-0.1, -0.05) is 42.5 Å². The summed E-state index contributed by atoms with van der Waals surface area (Å²) in [5.41, 5.74) is 1.15. The van der Waals surface area contributed by atoms with Gasteiger partial charge in [0.1, 0.15) is 19.0 Å². The molecular formula is C25H19NO6. The van der Waals surface area contributed by atoms with Crippen LogP contribution in [0.1, 0.15) is 32.4 Å². The second kappa shape index (κ2) is 8.19. The number of carbonyl (C=O) groups excluding carboxylic acids is 3. The van der Waals surface area contributed by atoms with Gasteiger partial charge >= 0.3 is 0 Å². The van der Waals surface area contributed by atoms with Crippen molar-refractivity contribution in [3.8, 4) is 17.2 Å². The van der Waals surface area contributed by atoms with E-state index in [2.05, 4.69) is 0 Å². The van der Waals surface area contributed by atoms with E-state index in [1.54, 1.807) is 66.7 Å². The molecule has 0 saturated heterocycles. The quantitative estimate of drug-likeness (QED) is 0.467. The summed E-state index contributed by atoms with van der Waals surface area (Å²) < 4.78 is 17.0. The van der Waals surface area contributed by atoms with Gasteiger partial charge in [0.25, 0.3) is 11.8 Å². The van der Waals surface area contributed by atoms with Gasteiger partial charge in [-0.15, -0.1) is 0 Å². The minimum absolute atomic E-state index is 0.231. The molecule has 32 heavy (non-hydrogen) atoms. The van der Waals surface area contributed by atoms with Crippen molar-refractivity contribution in [1.29, 1.82) is 0 Å². The molecule has 2 aliphatic rings. The van der Waals surface area contributed by atoms with Crippen molar-refractivity contribution in [2.24, 2.45) is 0 Å². The summed E-state index contributed by atoms with van der Waals surface area (Å²) in [5, 5.41) is 0. The molecule has 0 bridgehead atoms. The fraction of sp³-hybridized carbons (Fsp3) is 0.160. The molecule has 2 heterocycles. The number of para-hydroxylation sites is 1. The van der Waals surface area contributed by atoms with Crippen LogP contribution in [-0.4, -0.2) is 42.3 Å². The number of Topliss-reactive ketones (excluding diaryl/α,β-unsaturated/α-hetero) is 1. The summed E-state index contributed by atoms with van der Waals surface area (Å²) in [7, 11) is 0. The maximum absolute atomic E-state index is 13.4. The van der Waals surface area contributed by atoms with Crippen LogP contribution in [0, 0.1) is 0 Å². The van der Waals surface area contributed by atoms with Gasteiger partial charge in [-0.3, -0.25) is 19.3 Å². The zero-order chi connectivity index (χ0) is 22.1. The number of amides is 2. The van der Waals surface area contributed by atoms with Gasteiger partial charge in [0.05, 0.1) is 12.1 Å². The van der Waals surface area contributed by atoms with E-state index in [0.29, 0.717) is 41.6 Å². The first-order valence-corrected chi connectivity index (χ1v) is 10.2. The van der Waals surface area contributed by atoms with E-state index in [-0.39, 0.29) is 5.56 Å². The number of ether oxygens (including phenoxy) is 3. The fourth-order valence-electron chi connectivity index (χ4n) is 3.75. The van der Waals surface area contributed by atoms with Crippen molar-refractivity contribution in [2.75, 3.05) is 19.8 Å². The number of imide groups is 1. The second-order valence-electron chi connectivity index (χ2n) is 7.42. The number of hydrogen-bond donors (Lipinski definition) is 0. The fourth-order valence-corrected chi connectivity index (χ4v) is 3.75. The first-order chi connectivity index (χ1) is 15.6. The van der Waals surface area contributed by atoms with E-state index in [0.717, 1.165) is 4.90 Å². The van der Waals surface area contributed by atoms with Crippen LogP contribution in [0.2, 0.25) is 0 Å². The van der Waals surface area contributed by atoms with Gasteiger partial charge in [-0.05, 0) is 30.3 Å². The highest BCUT2D eigenvalue weighted by molar-refractivity contribution is 6.12. The smallest absolute Gasteiger partial charge is 0.275 e. The topological polar surface area (TPSA) is 82.1 Å². The minimum atomic E-state index is -1.04. The number of fused-ring (bicyclic) bond motifs is 2. The third-order valence-electron chi connectivity index (χ3n) is 5.37. The van der Waals surface area contributed by atoms with Gasteiger partial charge in [-0.2, -0.15) is 0 Å². The molecule has 0 aromatic heterocycles. The number of rotatable bonds is 4. The molecule has 3 aromatic rings. The number of carbonyl (C=O) groups is 3. The number of ketones is 1. The molecule has 3 aromatic carbocycles. The molecule has 0 aliphatic carbocycles. The van der Waals surface area contributed by atoms with Crippen molar-refractivity contribution >= 4 is 17.6 Å². The summed E-state index contributed by atoms with van der Waals surface area (Å²) in [6.45, 7) is 0.413. The van der Waals surface area contributed by atoms with Crippen LogP contribution in [0.3, 0.4) is 0 Å². The Morgan fingerprint density at radius 1 is 0.844 bits per heavy atom. The lowest BCUT2D eigenvalue weighted by Crippen LogP contribution is -2.42. The first-order valence-electron chi connectivity index (χ1n) is 10.2. The van der Waals surface area contributed by atoms with E-state index in [1.807, 2.05) is 6.07 Å². The van der Waals surface area contributed by atoms with Crippen molar-refractivity contribution in [3.63, 3.8) is 0 Å². The molecule has 0 fully saturated rings. The van der Waals surface area contributed by atoms with Crippen LogP contribution in [-0.2, 0) is 4.79 Å². The lowest BCUT2D eigenvalue weighted by atomic mass is 10.1. The average molecular weight is 429 g/mol. The summed E-state index contributed by atoms with van der Waals surface area (Å²) in [6.07, 6.45) is -1.04. The predicted molar refractivity (Wildman–Crippen MR) is 114 cm³/mol. The van der Waals surface area contributed by atoms with Gasteiger partial charge in [0.2, 0.25) is 6.10 Å². The Labute approximate surface area is 184 Å². The van der Waals surface area contributed by atoms with Crippen molar-refractivity contribution in [3.05, 3.63) is 89.5 Å². The maximum atomic E-state index is 13.4. The summed E-state index contributed by atoms with van der Waals surface area (Å²) >= 11 is 0. The molecule has 0 radical (unpaired) electrons. The van der Waals surface area contributed by atoms with Crippen LogP contribution in [0.15, 0.2) is 72.8 Å². The molecule has 2 aliphatic heterocycles. The monoisotopic (exact) mass is 429 g/mol. The normalized spacial score (nSPS) is 17.2. The van der Waals surface area contributed by atoms with Crippen molar-refractivity contribution < 1.29 is 28.6 Å². The summed E-state index contributed by atoms with van der Waals surface area (Å²) in [4.78, 5) is 40.7. The highest BCUT2D eigenvalue weighted by Gasteiger charge is 2.38. The molecule has 5 rings (SSSR count). The Balaban J connectivity index is 1.49. The van der Waals surface area contributed by atoms with Crippen molar-refractivity contribution in [2.45, 2.75) is 6.10 Å². The first kappa shape index (κ1) is 19.8. The number of hydrogen-bond acceptors (Lipinski definition) is 6. The Hall–Kier alpha value is -4.13. The van der Waals surface area contributed by atoms with Gasteiger partial charge < -0.3 is 14.2 Å². The Kier molecular flexibility index (Phi) is 5.07. The Morgan fingerprint density at radius 2 is 1.56 bits per heavy atom. The number of benzene rings is 3. The lowest BCUT2D eigenvalue weighted by Gasteiger charge is -2.22. The number of nitrogens with zero attached hydrogens (tertiary/aromatic N) is 1. The molecule has 0 unspecified atom stereocenters. The van der Waals surface area contributed by atoms with E-state index in [4.69, 9.17) is 14.2 Å². The zero-order valence-corrected chi connectivity index (χ0v) is 17.0. The average Bonchev–Trinajstić information content (AvgIpc) is 2.94. The highest BCUT2D eigenvalue weighted by Crippen LogP contribution is 2.33. The molecular weight excluding hydrogens is 410 g/mol. The largest absolute Gasteiger partial charge is 0.486 e. The predicted octanol–water partition coefficient (Wildman–Crippen LogP) is 3.44. The molecule has 1 atom stereocenters. The minimum Gasteiger partial charge on any atom is -0.486 e. The Morgan fingerprint density at radius 3 is 2.38 bits per heavy atom. The van der Waals surface area contributed by atoms with Crippen LogP contribution in [0.25, 0.3) is 0 Å². The third-order valence-corrected chi connectivity index (χ3v) is 5.37. The van der Waals surface area contributed by atoms with Crippen LogP contribution in [0.4, 0.5) is 0 Å². The maximum Gasteiger partial charge on any atom is 0.275 e. The summed E-state index contributed by atoms with van der Waals surface area (Å²) in [5.74, 6) is -0.241. The van der Waals surface area contributed by atoms with Crippen molar-refractivity contribution in [1.82, 2.24) is 4.90 Å². The zero-order valence-electron chi connectivity index (χ0n) is 17.0. The van der Waals surface area contributed by atoms with E-state index in [1.165, 1.54) is 0 Å². The van der Waals surface area contributed by atoms with E-state index >= 15 is 0 Å². The van der Waals surface area contributed by atoms with E-state index < -0.39 is 30.2 Å². The highest BCUT2D eigenvalue weighted by atomic mass is 16.6. The lowest BCUT2D eigenvalue weighted by molar-refractivity contribution is -0.135. The summed E-state index contributed by atoms with van der Waals surface area (Å²) in [6, 6.07) is 20.4. The van der Waals surface area contributed by atoms with Gasteiger partial charge in [0, 0.05) is 11.1 Å². The van der Waals surface area contributed by atoms with Gasteiger partial charge in [0.15, 0.2) is 17.3 Å². The SMILES string of the molecule is O=C(CN1C(=O)c2ccccc2O[C@H](c2ccccc2)C1=O)c1ccc2c(c1)OCCO2. The molecule has 160 valence electrons. The molecule has 7 heteroatoms. The van der Waals surface area contributed by atoms with Crippen LogP contribution < -0.4 is 14.2 Å². The molecule has 7 nitrogen and oxygen atoms in total.